The number of esters is 1. The number of hydrogen-bond donors (Lipinski definition) is 7. The molecule has 0 heterocycles. The molecule has 0 aliphatic heterocycles. The average molecular weight is 346 g/mol. The molecule has 7 N–H and O–H groups in total. The second-order valence-corrected chi connectivity index (χ2v) is 4.87. The molecule has 10 heteroatoms. The lowest BCUT2D eigenvalue weighted by Crippen LogP contribution is -2.51. The molecule has 5 atom stereocenters. The molecule has 0 saturated carbocycles. The number of carboxylic acid groups (broad SMARTS) is 1. The standard InChI is InChI=1S/C14H18O10/c15-5-8(16)9(17)10(18)11(19)14(23)24-13(22)7-4-2-1-3-6(7)12(20)21/h1-4,8-11,14-19,23H,5H2,(H,20,21)/t8-,9-,10+,11-,14?/m1/s1. The van der Waals surface area contributed by atoms with Crippen molar-refractivity contribution in [2.24, 2.45) is 0 Å². The zero-order chi connectivity index (χ0) is 18.4. The fourth-order valence-corrected chi connectivity index (χ4v) is 1.80. The number of hydrogen-bond acceptors (Lipinski definition) is 9. The zero-order valence-electron chi connectivity index (χ0n) is 12.3. The first-order chi connectivity index (χ1) is 11.2. The molecule has 10 nitrogen and oxygen atoms in total. The SMILES string of the molecule is O=C(O)c1ccccc1C(=O)OC(O)[C@H](O)[C@@H](O)[C@H](O)[C@H](O)CO. The maximum atomic E-state index is 11.9. The predicted molar refractivity (Wildman–Crippen MR) is 75.9 cm³/mol. The molecule has 0 radical (unpaired) electrons. The number of rotatable bonds is 8. The smallest absolute Gasteiger partial charge is 0.341 e. The van der Waals surface area contributed by atoms with E-state index in [1.54, 1.807) is 0 Å². The van der Waals surface area contributed by atoms with E-state index in [0.717, 1.165) is 12.1 Å². The van der Waals surface area contributed by atoms with Crippen molar-refractivity contribution in [2.75, 3.05) is 6.61 Å². The number of carbonyl (C=O) groups is 2. The lowest BCUT2D eigenvalue weighted by molar-refractivity contribution is -0.191. The van der Waals surface area contributed by atoms with Crippen molar-refractivity contribution >= 4 is 11.9 Å². The second kappa shape index (κ2) is 8.68. The van der Waals surface area contributed by atoms with E-state index in [2.05, 4.69) is 4.74 Å². The highest BCUT2D eigenvalue weighted by molar-refractivity contribution is 6.02. The monoisotopic (exact) mass is 346 g/mol. The minimum atomic E-state index is -2.32. The maximum absolute atomic E-state index is 11.9. The number of carboxylic acids is 1. The number of aliphatic hydroxyl groups is 6. The Bertz CT molecular complexity index is 574. The van der Waals surface area contributed by atoms with E-state index < -0.39 is 60.4 Å². The molecule has 1 aromatic rings. The fourth-order valence-electron chi connectivity index (χ4n) is 1.80. The number of carbonyl (C=O) groups excluding carboxylic acids is 1. The Hall–Kier alpha value is -2.08. The van der Waals surface area contributed by atoms with Gasteiger partial charge < -0.3 is 40.5 Å². The molecular weight excluding hydrogens is 328 g/mol. The quantitative estimate of drug-likeness (QED) is 0.193. The molecule has 1 unspecified atom stereocenters. The van der Waals surface area contributed by atoms with Gasteiger partial charge in [-0.05, 0) is 12.1 Å². The third-order valence-electron chi connectivity index (χ3n) is 3.18. The van der Waals surface area contributed by atoms with Crippen LogP contribution in [0.3, 0.4) is 0 Å². The van der Waals surface area contributed by atoms with Gasteiger partial charge in [0, 0.05) is 0 Å². The molecule has 0 aromatic heterocycles. The van der Waals surface area contributed by atoms with Gasteiger partial charge in [0.25, 0.3) is 0 Å². The van der Waals surface area contributed by atoms with Gasteiger partial charge >= 0.3 is 11.9 Å². The summed E-state index contributed by atoms with van der Waals surface area (Å²) in [6.45, 7) is -0.924. The largest absolute Gasteiger partial charge is 0.478 e. The van der Waals surface area contributed by atoms with Gasteiger partial charge in [0.05, 0.1) is 17.7 Å². The van der Waals surface area contributed by atoms with Gasteiger partial charge in [0.2, 0.25) is 6.29 Å². The van der Waals surface area contributed by atoms with Crippen LogP contribution in [0.25, 0.3) is 0 Å². The topological polar surface area (TPSA) is 185 Å². The highest BCUT2D eigenvalue weighted by atomic mass is 16.6. The van der Waals surface area contributed by atoms with Crippen LogP contribution in [0.5, 0.6) is 0 Å². The lowest BCUT2D eigenvalue weighted by atomic mass is 10.0. The van der Waals surface area contributed by atoms with Crippen molar-refractivity contribution in [1.29, 1.82) is 0 Å². The van der Waals surface area contributed by atoms with Gasteiger partial charge in [0.1, 0.15) is 24.4 Å². The summed E-state index contributed by atoms with van der Waals surface area (Å²) in [5.74, 6) is -2.71. The van der Waals surface area contributed by atoms with Crippen LogP contribution in [0, 0.1) is 0 Å². The van der Waals surface area contributed by atoms with Gasteiger partial charge in [-0.25, -0.2) is 9.59 Å². The minimum Gasteiger partial charge on any atom is -0.478 e. The van der Waals surface area contributed by atoms with E-state index in [1.165, 1.54) is 12.1 Å². The van der Waals surface area contributed by atoms with Crippen molar-refractivity contribution < 1.29 is 50.1 Å². The Morgan fingerprint density at radius 2 is 1.46 bits per heavy atom. The highest BCUT2D eigenvalue weighted by Gasteiger charge is 2.36. The first-order valence-corrected chi connectivity index (χ1v) is 6.75. The summed E-state index contributed by atoms with van der Waals surface area (Å²) < 4.78 is 4.46. The Morgan fingerprint density at radius 1 is 0.917 bits per heavy atom. The molecule has 0 aliphatic rings. The molecule has 0 amide bonds. The molecule has 0 aliphatic carbocycles. The highest BCUT2D eigenvalue weighted by Crippen LogP contribution is 2.14. The summed E-state index contributed by atoms with van der Waals surface area (Å²) in [4.78, 5) is 22.9. The summed E-state index contributed by atoms with van der Waals surface area (Å²) in [5.41, 5.74) is -0.804. The first-order valence-electron chi connectivity index (χ1n) is 6.75. The molecule has 0 saturated heterocycles. The third kappa shape index (κ3) is 4.71. The van der Waals surface area contributed by atoms with Gasteiger partial charge in [-0.1, -0.05) is 12.1 Å². The zero-order valence-corrected chi connectivity index (χ0v) is 12.3. The van der Waals surface area contributed by atoms with E-state index in [0.29, 0.717) is 0 Å². The summed E-state index contributed by atoms with van der Waals surface area (Å²) in [7, 11) is 0. The molecular formula is C14H18O10. The van der Waals surface area contributed by atoms with Crippen LogP contribution in [0.1, 0.15) is 20.7 Å². The Morgan fingerprint density at radius 3 is 1.96 bits per heavy atom. The van der Waals surface area contributed by atoms with E-state index >= 15 is 0 Å². The van der Waals surface area contributed by atoms with Crippen molar-refractivity contribution in [3.63, 3.8) is 0 Å². The second-order valence-electron chi connectivity index (χ2n) is 4.87. The van der Waals surface area contributed by atoms with E-state index in [1.807, 2.05) is 0 Å². The number of benzene rings is 1. The third-order valence-corrected chi connectivity index (χ3v) is 3.18. The van der Waals surface area contributed by atoms with Crippen molar-refractivity contribution in [3.8, 4) is 0 Å². The predicted octanol–water partition coefficient (Wildman–Crippen LogP) is -2.70. The maximum Gasteiger partial charge on any atom is 0.341 e. The first kappa shape index (κ1) is 20.0. The van der Waals surface area contributed by atoms with Gasteiger partial charge in [0.15, 0.2) is 0 Å². The summed E-state index contributed by atoms with van der Waals surface area (Å²) in [5, 5.41) is 65.0. The molecule has 0 fully saturated rings. The van der Waals surface area contributed by atoms with Crippen LogP contribution in [0.4, 0.5) is 0 Å². The van der Waals surface area contributed by atoms with Gasteiger partial charge in [-0.15, -0.1) is 0 Å². The summed E-state index contributed by atoms with van der Waals surface area (Å²) in [6, 6.07) is 4.95. The summed E-state index contributed by atoms with van der Waals surface area (Å²) in [6.07, 6.45) is -10.5. The average Bonchev–Trinajstić information content (AvgIpc) is 2.58. The van der Waals surface area contributed by atoms with Gasteiger partial charge in [-0.2, -0.15) is 0 Å². The van der Waals surface area contributed by atoms with Crippen molar-refractivity contribution in [2.45, 2.75) is 30.7 Å². The molecule has 1 aromatic carbocycles. The Kier molecular flexibility index (Phi) is 7.22. The number of aliphatic hydroxyl groups excluding tert-OH is 6. The van der Waals surface area contributed by atoms with Crippen LogP contribution < -0.4 is 0 Å². The van der Waals surface area contributed by atoms with Crippen molar-refractivity contribution in [1.82, 2.24) is 0 Å². The van der Waals surface area contributed by atoms with Crippen molar-refractivity contribution in [3.05, 3.63) is 35.4 Å². The molecule has 1 rings (SSSR count). The van der Waals surface area contributed by atoms with Gasteiger partial charge in [-0.3, -0.25) is 0 Å². The van der Waals surface area contributed by atoms with Crippen LogP contribution in [0.2, 0.25) is 0 Å². The van der Waals surface area contributed by atoms with Crippen LogP contribution in [0.15, 0.2) is 24.3 Å². The van der Waals surface area contributed by atoms with Crippen LogP contribution in [-0.2, 0) is 4.74 Å². The Labute approximate surface area is 135 Å². The van der Waals surface area contributed by atoms with E-state index in [9.17, 15) is 30.0 Å². The Balaban J connectivity index is 2.82. The van der Waals surface area contributed by atoms with E-state index in [4.69, 9.17) is 15.3 Å². The number of ether oxygens (including phenoxy) is 1. The lowest BCUT2D eigenvalue weighted by Gasteiger charge is -2.28. The fraction of sp³-hybridized carbons (Fsp3) is 0.429. The van der Waals surface area contributed by atoms with E-state index in [-0.39, 0.29) is 0 Å². The van der Waals surface area contributed by atoms with Crippen LogP contribution >= 0.6 is 0 Å². The minimum absolute atomic E-state index is 0.401. The molecule has 0 spiro atoms. The molecule has 24 heavy (non-hydrogen) atoms. The molecule has 0 bridgehead atoms. The normalized spacial score (nSPS) is 17.4. The summed E-state index contributed by atoms with van der Waals surface area (Å²) >= 11 is 0. The number of aromatic carboxylic acids is 1. The van der Waals surface area contributed by atoms with Crippen LogP contribution in [-0.4, -0.2) is 85.0 Å². The molecule has 134 valence electrons.